The summed E-state index contributed by atoms with van der Waals surface area (Å²) < 4.78 is 0. The molecule has 3 amide bonds. The molecule has 0 aromatic heterocycles. The molecule has 1 aromatic rings. The number of benzene rings is 1. The molecule has 0 saturated heterocycles. The van der Waals surface area contributed by atoms with Crippen molar-refractivity contribution in [3.63, 3.8) is 0 Å². The van der Waals surface area contributed by atoms with E-state index in [0.717, 1.165) is 5.56 Å². The number of rotatable bonds is 10. The lowest BCUT2D eigenvalue weighted by Gasteiger charge is -2.25. The van der Waals surface area contributed by atoms with Gasteiger partial charge in [0.15, 0.2) is 0 Å². The van der Waals surface area contributed by atoms with Crippen molar-refractivity contribution in [3.8, 4) is 0 Å². The molecule has 0 aliphatic heterocycles. The van der Waals surface area contributed by atoms with Gasteiger partial charge in [-0.2, -0.15) is 0 Å². The Morgan fingerprint density at radius 1 is 1.15 bits per heavy atom. The fourth-order valence-electron chi connectivity index (χ4n) is 2.32. The minimum Gasteiger partial charge on any atom is -0.342 e. The molecule has 27 heavy (non-hydrogen) atoms. The maximum absolute atomic E-state index is 12.7. The largest absolute Gasteiger partial charge is 0.342 e. The third-order valence-electron chi connectivity index (χ3n) is 3.98. The molecule has 0 aliphatic carbocycles. The van der Waals surface area contributed by atoms with Gasteiger partial charge in [-0.15, -0.1) is 0 Å². The van der Waals surface area contributed by atoms with Crippen molar-refractivity contribution in [2.24, 2.45) is 0 Å². The molecule has 0 bridgehead atoms. The van der Waals surface area contributed by atoms with Crippen molar-refractivity contribution in [1.82, 2.24) is 21.1 Å². The number of nitrogens with one attached hydrogen (secondary N) is 5. The normalized spacial score (nSPS) is 12.4. The second kappa shape index (κ2) is 10.8. The fraction of sp³-hybridized carbons (Fsp3) is 0.389. The summed E-state index contributed by atoms with van der Waals surface area (Å²) in [6.45, 7) is 1.77. The molecule has 0 heterocycles. The summed E-state index contributed by atoms with van der Waals surface area (Å²) in [5.41, 5.74) is 2.94. The second-order valence-corrected chi connectivity index (χ2v) is 5.86. The summed E-state index contributed by atoms with van der Waals surface area (Å²) in [7, 11) is 3.14. The first-order chi connectivity index (χ1) is 12.8. The van der Waals surface area contributed by atoms with Gasteiger partial charge in [-0.1, -0.05) is 37.3 Å². The molecule has 1 rings (SSSR count). The van der Waals surface area contributed by atoms with Gasteiger partial charge in [0.1, 0.15) is 17.8 Å². The Kier molecular flexibility index (Phi) is 8.80. The van der Waals surface area contributed by atoms with Crippen molar-refractivity contribution in [2.75, 3.05) is 14.1 Å². The lowest BCUT2D eigenvalue weighted by molar-refractivity contribution is -0.138. The van der Waals surface area contributed by atoms with E-state index in [2.05, 4.69) is 16.1 Å². The summed E-state index contributed by atoms with van der Waals surface area (Å²) >= 11 is 0. The Balaban J connectivity index is 2.96. The minimum absolute atomic E-state index is 0.191. The van der Waals surface area contributed by atoms with E-state index in [-0.39, 0.29) is 12.3 Å². The second-order valence-electron chi connectivity index (χ2n) is 5.86. The number of carbonyl (C=O) groups is 3. The van der Waals surface area contributed by atoms with E-state index in [1.54, 1.807) is 21.0 Å². The summed E-state index contributed by atoms with van der Waals surface area (Å²) in [5.74, 6) is -1.67. The molecule has 1 aromatic carbocycles. The minimum atomic E-state index is -0.984. The number of hydrogen-bond donors (Lipinski definition) is 5. The van der Waals surface area contributed by atoms with Crippen LogP contribution in [0.4, 0.5) is 0 Å². The molecule has 146 valence electrons. The highest BCUT2D eigenvalue weighted by atomic mass is 16.2. The number of likely N-dealkylation sites (N-methyl/N-ethyl adjacent to an activating group) is 1. The van der Waals surface area contributed by atoms with Crippen molar-refractivity contribution in [2.45, 2.75) is 31.8 Å². The van der Waals surface area contributed by atoms with Crippen LogP contribution >= 0.6 is 0 Å². The fourth-order valence-corrected chi connectivity index (χ4v) is 2.32. The molecule has 0 fully saturated rings. The van der Waals surface area contributed by atoms with Gasteiger partial charge < -0.3 is 16.0 Å². The topological polar surface area (TPSA) is 138 Å². The summed E-state index contributed by atoms with van der Waals surface area (Å²) in [6.07, 6.45) is 1.17. The van der Waals surface area contributed by atoms with Gasteiger partial charge >= 0.3 is 0 Å². The van der Waals surface area contributed by atoms with Crippen molar-refractivity contribution < 1.29 is 14.4 Å². The van der Waals surface area contributed by atoms with Gasteiger partial charge in [0.05, 0.1) is 0 Å². The molecule has 9 nitrogen and oxygen atoms in total. The number of carbonyl (C=O) groups excluding carboxylic acids is 3. The van der Waals surface area contributed by atoms with E-state index in [9.17, 15) is 14.4 Å². The standard InChI is InChI=1S/C18H26N6O3/c1-4-14(18(27)24(3)21-2)22-17(26)15(23-16(25)13(20)11-19)10-12-8-6-5-7-9-12/h5-9,11,14-15,19-21H,4,10H2,1-3H3,(H,22,26)(H,23,25)/t14-,15?/m0/s1. The molecule has 9 heteroatoms. The van der Waals surface area contributed by atoms with E-state index in [1.165, 1.54) is 5.01 Å². The average Bonchev–Trinajstić information content (AvgIpc) is 2.70. The number of amides is 3. The number of hydrazine groups is 1. The lowest BCUT2D eigenvalue weighted by atomic mass is 10.0. The van der Waals surface area contributed by atoms with Gasteiger partial charge in [-0.3, -0.25) is 24.8 Å². The Morgan fingerprint density at radius 2 is 1.78 bits per heavy atom. The lowest BCUT2D eigenvalue weighted by Crippen LogP contribution is -2.56. The molecule has 0 spiro atoms. The molecule has 0 aliphatic rings. The van der Waals surface area contributed by atoms with Crippen LogP contribution < -0.4 is 16.1 Å². The highest BCUT2D eigenvalue weighted by Gasteiger charge is 2.28. The van der Waals surface area contributed by atoms with Crippen molar-refractivity contribution in [3.05, 3.63) is 35.9 Å². The van der Waals surface area contributed by atoms with E-state index < -0.39 is 29.6 Å². The molecule has 2 atom stereocenters. The van der Waals surface area contributed by atoms with Crippen molar-refractivity contribution >= 4 is 29.6 Å². The Labute approximate surface area is 158 Å². The number of nitrogens with zero attached hydrogens (tertiary/aromatic N) is 1. The van der Waals surface area contributed by atoms with Crippen LogP contribution in [0, 0.1) is 10.8 Å². The van der Waals surface area contributed by atoms with E-state index in [1.807, 2.05) is 30.3 Å². The van der Waals surface area contributed by atoms with Crippen LogP contribution in [-0.4, -0.2) is 60.8 Å². The highest BCUT2D eigenvalue weighted by Crippen LogP contribution is 2.05. The van der Waals surface area contributed by atoms with Gasteiger partial charge in [0.2, 0.25) is 5.91 Å². The highest BCUT2D eigenvalue weighted by molar-refractivity contribution is 6.59. The van der Waals surface area contributed by atoms with Crippen LogP contribution in [0.5, 0.6) is 0 Å². The van der Waals surface area contributed by atoms with E-state index in [0.29, 0.717) is 12.6 Å². The molecule has 5 N–H and O–H groups in total. The van der Waals surface area contributed by atoms with E-state index >= 15 is 0 Å². The van der Waals surface area contributed by atoms with Gasteiger partial charge in [0, 0.05) is 26.7 Å². The maximum Gasteiger partial charge on any atom is 0.271 e. The zero-order valence-corrected chi connectivity index (χ0v) is 15.7. The molecule has 1 unspecified atom stereocenters. The zero-order chi connectivity index (χ0) is 20.4. The SMILES string of the molecule is CC[C@H](NC(=O)C(Cc1ccccc1)NC(=O)C(=N)C=N)C(=O)N(C)NC. The Hall–Kier alpha value is -3.07. The van der Waals surface area contributed by atoms with Crippen molar-refractivity contribution in [1.29, 1.82) is 10.8 Å². The maximum atomic E-state index is 12.7. The first-order valence-electron chi connectivity index (χ1n) is 8.53. The first kappa shape index (κ1) is 22.0. The van der Waals surface area contributed by atoms with E-state index in [4.69, 9.17) is 10.8 Å². The third-order valence-corrected chi connectivity index (χ3v) is 3.98. The summed E-state index contributed by atoms with van der Waals surface area (Å²) in [6, 6.07) is 7.34. The van der Waals surface area contributed by atoms with Crippen LogP contribution in [0.2, 0.25) is 0 Å². The van der Waals surface area contributed by atoms with Gasteiger partial charge in [-0.25, -0.2) is 5.43 Å². The first-order valence-corrected chi connectivity index (χ1v) is 8.53. The van der Waals surface area contributed by atoms with Crippen LogP contribution in [0.1, 0.15) is 18.9 Å². The average molecular weight is 374 g/mol. The van der Waals surface area contributed by atoms with Crippen LogP contribution in [0.15, 0.2) is 30.3 Å². The number of hydrogen-bond acceptors (Lipinski definition) is 6. The van der Waals surface area contributed by atoms with Gasteiger partial charge in [-0.05, 0) is 12.0 Å². The van der Waals surface area contributed by atoms with Crippen LogP contribution in [0.3, 0.4) is 0 Å². The van der Waals surface area contributed by atoms with Crippen LogP contribution in [0.25, 0.3) is 0 Å². The zero-order valence-electron chi connectivity index (χ0n) is 15.7. The van der Waals surface area contributed by atoms with Gasteiger partial charge in [0.25, 0.3) is 11.8 Å². The smallest absolute Gasteiger partial charge is 0.271 e. The third kappa shape index (κ3) is 6.63. The predicted molar refractivity (Wildman–Crippen MR) is 103 cm³/mol. The van der Waals surface area contributed by atoms with Crippen LogP contribution in [-0.2, 0) is 20.8 Å². The quantitative estimate of drug-likeness (QED) is 0.288. The predicted octanol–water partition coefficient (Wildman–Crippen LogP) is -0.129. The summed E-state index contributed by atoms with van der Waals surface area (Å²) in [4.78, 5) is 37.0. The molecular formula is C18H26N6O3. The molecular weight excluding hydrogens is 348 g/mol. The molecule has 0 radical (unpaired) electrons. The summed E-state index contributed by atoms with van der Waals surface area (Å²) in [5, 5.41) is 20.8. The Bertz CT molecular complexity index is 692. The molecule has 0 saturated carbocycles. The monoisotopic (exact) mass is 374 g/mol. The Morgan fingerprint density at radius 3 is 2.30 bits per heavy atom.